The molecule has 4 bridgehead atoms. The second kappa shape index (κ2) is 7.47. The smallest absolute Gasteiger partial charge is 0.231 e. The number of imidazole rings is 1. The van der Waals surface area contributed by atoms with Crippen molar-refractivity contribution in [2.24, 2.45) is 30.2 Å². The van der Waals surface area contributed by atoms with E-state index in [1.807, 2.05) is 25.4 Å². The van der Waals surface area contributed by atoms with E-state index in [0.717, 1.165) is 41.8 Å². The highest BCUT2D eigenvalue weighted by Crippen LogP contribution is 2.60. The van der Waals surface area contributed by atoms with Gasteiger partial charge >= 0.3 is 0 Å². The Morgan fingerprint density at radius 1 is 0.971 bits per heavy atom. The number of aryl methyl sites for hydroxylation is 1. The summed E-state index contributed by atoms with van der Waals surface area (Å²) in [7, 11) is 1.85. The van der Waals surface area contributed by atoms with Crippen molar-refractivity contribution >= 4 is 17.4 Å². The molecule has 1 aromatic carbocycles. The van der Waals surface area contributed by atoms with Crippen molar-refractivity contribution in [3.63, 3.8) is 0 Å². The van der Waals surface area contributed by atoms with E-state index in [1.54, 1.807) is 27.5 Å². The molecule has 0 atom stereocenters. The molecule has 0 spiro atoms. The first kappa shape index (κ1) is 20.8. The number of benzene rings is 1. The van der Waals surface area contributed by atoms with Gasteiger partial charge in [-0.3, -0.25) is 9.48 Å². The van der Waals surface area contributed by atoms with Crippen molar-refractivity contribution in [2.45, 2.75) is 38.5 Å². The van der Waals surface area contributed by atoms with Crippen LogP contribution in [0.4, 0.5) is 10.2 Å². The van der Waals surface area contributed by atoms with Gasteiger partial charge in [0.25, 0.3) is 0 Å². The Kier molecular flexibility index (Phi) is 4.44. The van der Waals surface area contributed by atoms with Crippen LogP contribution >= 0.6 is 0 Å². The number of nitrogens with zero attached hydrogens (tertiary/aromatic N) is 5. The summed E-state index contributed by atoms with van der Waals surface area (Å²) in [5, 5.41) is 12.5. The molecule has 178 valence electrons. The first-order valence-corrected chi connectivity index (χ1v) is 12.4. The van der Waals surface area contributed by atoms with Gasteiger partial charge in [0.05, 0.1) is 17.3 Å². The molecular formula is C27H27FN6O. The molecule has 3 heterocycles. The normalized spacial score (nSPS) is 27.0. The summed E-state index contributed by atoms with van der Waals surface area (Å²) in [6.07, 6.45) is 10.7. The lowest BCUT2D eigenvalue weighted by Gasteiger charge is -2.55. The SMILES string of the molecule is Cn1cc(-c2ccc3nc(NC(=O)C45CC6CC(CC(C6)C4)C5)cn3n2)c(-c2ccc(F)cc2)n1. The maximum absolute atomic E-state index is 13.4. The maximum atomic E-state index is 13.4. The zero-order chi connectivity index (χ0) is 23.7. The summed E-state index contributed by atoms with van der Waals surface area (Å²) >= 11 is 0. The van der Waals surface area contributed by atoms with E-state index in [2.05, 4.69) is 15.4 Å². The van der Waals surface area contributed by atoms with Gasteiger partial charge in [-0.2, -0.15) is 10.2 Å². The highest BCUT2D eigenvalue weighted by Gasteiger charge is 2.54. The average molecular weight is 471 g/mol. The minimum atomic E-state index is -0.285. The summed E-state index contributed by atoms with van der Waals surface area (Å²) < 4.78 is 16.9. The molecule has 4 fully saturated rings. The predicted octanol–water partition coefficient (Wildman–Crippen LogP) is 5.09. The van der Waals surface area contributed by atoms with Crippen LogP contribution in [0.15, 0.2) is 48.8 Å². The maximum Gasteiger partial charge on any atom is 0.231 e. The Morgan fingerprint density at radius 2 is 1.66 bits per heavy atom. The fraction of sp³-hybridized carbons (Fsp3) is 0.407. The van der Waals surface area contributed by atoms with Gasteiger partial charge in [-0.1, -0.05) is 0 Å². The Balaban J connectivity index is 1.18. The van der Waals surface area contributed by atoms with E-state index in [1.165, 1.54) is 31.4 Å². The first-order valence-electron chi connectivity index (χ1n) is 12.4. The zero-order valence-corrected chi connectivity index (χ0v) is 19.6. The number of carbonyl (C=O) groups excluding carboxylic acids is 1. The predicted molar refractivity (Wildman–Crippen MR) is 130 cm³/mol. The third-order valence-electron chi connectivity index (χ3n) is 8.30. The zero-order valence-electron chi connectivity index (χ0n) is 19.6. The van der Waals surface area contributed by atoms with Gasteiger partial charge in [-0.25, -0.2) is 13.9 Å². The van der Waals surface area contributed by atoms with Gasteiger partial charge in [0.2, 0.25) is 5.91 Å². The van der Waals surface area contributed by atoms with Crippen molar-refractivity contribution in [1.29, 1.82) is 0 Å². The molecule has 7 nitrogen and oxygen atoms in total. The summed E-state index contributed by atoms with van der Waals surface area (Å²) in [5.41, 5.74) is 3.56. The highest BCUT2D eigenvalue weighted by atomic mass is 19.1. The Hall–Kier alpha value is -3.55. The Morgan fingerprint density at radius 3 is 2.34 bits per heavy atom. The number of fused-ring (bicyclic) bond motifs is 1. The largest absolute Gasteiger partial charge is 0.309 e. The fourth-order valence-corrected chi connectivity index (χ4v) is 7.22. The minimum Gasteiger partial charge on any atom is -0.309 e. The van der Waals surface area contributed by atoms with Crippen LogP contribution in [-0.4, -0.2) is 30.3 Å². The molecule has 4 aliphatic rings. The van der Waals surface area contributed by atoms with Crippen LogP contribution in [0.25, 0.3) is 28.2 Å². The summed E-state index contributed by atoms with van der Waals surface area (Å²) in [6.45, 7) is 0. The quantitative estimate of drug-likeness (QED) is 0.451. The van der Waals surface area contributed by atoms with Gasteiger partial charge < -0.3 is 5.32 Å². The molecule has 1 N–H and O–H groups in total. The third kappa shape index (κ3) is 3.46. The molecule has 4 saturated carbocycles. The number of rotatable bonds is 4. The molecule has 0 saturated heterocycles. The first-order chi connectivity index (χ1) is 16.9. The van der Waals surface area contributed by atoms with Crippen LogP contribution in [0.2, 0.25) is 0 Å². The second-order valence-electron chi connectivity index (χ2n) is 10.9. The van der Waals surface area contributed by atoms with Crippen molar-refractivity contribution in [3.05, 3.63) is 54.6 Å². The van der Waals surface area contributed by atoms with Crippen molar-refractivity contribution in [1.82, 2.24) is 24.4 Å². The lowest BCUT2D eigenvalue weighted by molar-refractivity contribution is -0.140. The molecule has 35 heavy (non-hydrogen) atoms. The Bertz CT molecular complexity index is 1420. The number of carbonyl (C=O) groups is 1. The number of hydrogen-bond acceptors (Lipinski definition) is 4. The van der Waals surface area contributed by atoms with Crippen molar-refractivity contribution in [2.75, 3.05) is 5.32 Å². The molecule has 3 aromatic heterocycles. The Labute approximate surface area is 202 Å². The molecule has 8 rings (SSSR count). The number of anilines is 1. The molecule has 1 amide bonds. The van der Waals surface area contributed by atoms with E-state index in [4.69, 9.17) is 5.10 Å². The van der Waals surface area contributed by atoms with E-state index in [9.17, 15) is 9.18 Å². The molecule has 0 radical (unpaired) electrons. The number of aromatic nitrogens is 5. The molecule has 0 unspecified atom stereocenters. The van der Waals surface area contributed by atoms with Gasteiger partial charge in [-0.15, -0.1) is 0 Å². The van der Waals surface area contributed by atoms with E-state index >= 15 is 0 Å². The lowest BCUT2D eigenvalue weighted by atomic mass is 9.49. The molecule has 8 heteroatoms. The summed E-state index contributed by atoms with van der Waals surface area (Å²) in [6, 6.07) is 10.1. The van der Waals surface area contributed by atoms with Crippen molar-refractivity contribution < 1.29 is 9.18 Å². The van der Waals surface area contributed by atoms with Gasteiger partial charge in [0.1, 0.15) is 11.5 Å². The van der Waals surface area contributed by atoms with Gasteiger partial charge in [0.15, 0.2) is 11.5 Å². The number of nitrogens with one attached hydrogen (secondary N) is 1. The van der Waals surface area contributed by atoms with E-state index < -0.39 is 0 Å². The minimum absolute atomic E-state index is 0.131. The van der Waals surface area contributed by atoms with Crippen LogP contribution in [0.5, 0.6) is 0 Å². The molecular weight excluding hydrogens is 443 g/mol. The molecule has 4 aliphatic carbocycles. The van der Waals surface area contributed by atoms with E-state index in [0.29, 0.717) is 29.2 Å². The van der Waals surface area contributed by atoms with Crippen LogP contribution in [0.1, 0.15) is 38.5 Å². The van der Waals surface area contributed by atoms with Crippen molar-refractivity contribution in [3.8, 4) is 22.5 Å². The lowest BCUT2D eigenvalue weighted by Crippen LogP contribution is -2.51. The molecule has 0 aliphatic heterocycles. The summed E-state index contributed by atoms with van der Waals surface area (Å²) in [5.74, 6) is 2.53. The van der Waals surface area contributed by atoms with E-state index in [-0.39, 0.29) is 17.1 Å². The second-order valence-corrected chi connectivity index (χ2v) is 10.9. The third-order valence-corrected chi connectivity index (χ3v) is 8.30. The van der Waals surface area contributed by atoms with Crippen LogP contribution in [0, 0.1) is 29.0 Å². The van der Waals surface area contributed by atoms with Crippen LogP contribution in [-0.2, 0) is 11.8 Å². The topological polar surface area (TPSA) is 77.1 Å². The summed E-state index contributed by atoms with van der Waals surface area (Å²) in [4.78, 5) is 18.1. The van der Waals surface area contributed by atoms with Crippen LogP contribution < -0.4 is 5.32 Å². The standard InChI is InChI=1S/C27H27FN6O/c1-33-14-21(25(32-33)19-2-4-20(28)5-3-19)22-6-7-24-29-23(15-34(24)31-22)30-26(35)27-11-16-8-17(12-27)10-18(9-16)13-27/h2-7,14-18H,8-13H2,1H3,(H,30,35). The number of amides is 1. The average Bonchev–Trinajstić information content (AvgIpc) is 3.41. The monoisotopic (exact) mass is 470 g/mol. The van der Waals surface area contributed by atoms with Crippen LogP contribution in [0.3, 0.4) is 0 Å². The van der Waals surface area contributed by atoms with Gasteiger partial charge in [-0.05, 0) is 92.7 Å². The fourth-order valence-electron chi connectivity index (χ4n) is 7.22. The number of halogens is 1. The van der Waals surface area contributed by atoms with Gasteiger partial charge in [0, 0.05) is 24.4 Å². The highest BCUT2D eigenvalue weighted by molar-refractivity contribution is 5.95. The molecule has 4 aromatic rings. The number of hydrogen-bond donors (Lipinski definition) is 1.